The highest BCUT2D eigenvalue weighted by molar-refractivity contribution is 5.97. The number of nitrogens with zero attached hydrogens (tertiary/aromatic N) is 5. The molecule has 1 aromatic heterocycles. The van der Waals surface area contributed by atoms with Crippen molar-refractivity contribution in [3.63, 3.8) is 0 Å². The van der Waals surface area contributed by atoms with Crippen molar-refractivity contribution in [2.24, 2.45) is 15.0 Å². The van der Waals surface area contributed by atoms with Crippen molar-refractivity contribution in [3.8, 4) is 33.9 Å². The molecule has 228 valence electrons. The number of benzene rings is 3. The molecule has 0 amide bonds. The van der Waals surface area contributed by atoms with E-state index >= 15 is 0 Å². The van der Waals surface area contributed by atoms with Crippen LogP contribution in [0.2, 0.25) is 0 Å². The van der Waals surface area contributed by atoms with Crippen LogP contribution in [-0.4, -0.2) is 64.1 Å². The Kier molecular flexibility index (Phi) is 6.84. The van der Waals surface area contributed by atoms with Crippen molar-refractivity contribution in [2.45, 2.75) is 58.2 Å². The highest BCUT2D eigenvalue weighted by Gasteiger charge is 2.29. The highest BCUT2D eigenvalue weighted by Crippen LogP contribution is 2.30. The summed E-state index contributed by atoms with van der Waals surface area (Å²) in [6.45, 7) is 14.1. The Labute approximate surface area is 264 Å². The van der Waals surface area contributed by atoms with Gasteiger partial charge in [-0.05, 0) is 84.0 Å². The van der Waals surface area contributed by atoms with E-state index < -0.39 is 0 Å². The number of hydrogen-bond acceptors (Lipinski definition) is 8. The highest BCUT2D eigenvalue weighted by atomic mass is 16.5. The topological polar surface area (TPSA) is 90.5 Å². The van der Waals surface area contributed by atoms with Gasteiger partial charge in [-0.1, -0.05) is 36.4 Å². The zero-order chi connectivity index (χ0) is 31.4. The predicted octanol–water partition coefficient (Wildman–Crippen LogP) is 7.14. The summed E-state index contributed by atoms with van der Waals surface area (Å²) >= 11 is 0. The number of ether oxygens (including phenoxy) is 3. The van der Waals surface area contributed by atoms with E-state index in [0.29, 0.717) is 43.3 Å². The Morgan fingerprint density at radius 2 is 0.711 bits per heavy atom. The van der Waals surface area contributed by atoms with Gasteiger partial charge in [0.05, 0.1) is 28.0 Å². The van der Waals surface area contributed by atoms with Crippen molar-refractivity contribution < 1.29 is 14.2 Å². The molecule has 3 aliphatic rings. The minimum absolute atomic E-state index is 0.213. The smallest absolute Gasteiger partial charge is 0.216 e. The van der Waals surface area contributed by atoms with Gasteiger partial charge in [0.25, 0.3) is 0 Å². The molecule has 4 heterocycles. The fourth-order valence-corrected chi connectivity index (χ4v) is 5.40. The average Bonchev–Trinajstić information content (AvgIpc) is 3.71. The van der Waals surface area contributed by atoms with Gasteiger partial charge in [-0.2, -0.15) is 0 Å². The van der Waals surface area contributed by atoms with Crippen LogP contribution in [0.4, 0.5) is 0 Å². The van der Waals surface area contributed by atoms with Crippen LogP contribution in [0.3, 0.4) is 0 Å². The van der Waals surface area contributed by atoms with E-state index in [1.165, 1.54) is 0 Å². The van der Waals surface area contributed by atoms with Gasteiger partial charge in [-0.25, -0.2) is 24.9 Å². The molecule has 0 spiro atoms. The Hall–Kier alpha value is -4.85. The molecule has 3 aromatic carbocycles. The van der Waals surface area contributed by atoms with Crippen LogP contribution in [0.1, 0.15) is 58.2 Å². The number of hydrogen-bond donors (Lipinski definition) is 0. The molecule has 0 unspecified atom stereocenters. The van der Waals surface area contributed by atoms with Crippen LogP contribution in [0.15, 0.2) is 93.8 Å². The Morgan fingerprint density at radius 1 is 0.422 bits per heavy atom. The summed E-state index contributed by atoms with van der Waals surface area (Å²) in [7, 11) is 0. The van der Waals surface area contributed by atoms with Gasteiger partial charge < -0.3 is 14.2 Å². The lowest BCUT2D eigenvalue weighted by Crippen LogP contribution is -2.17. The Bertz CT molecular complexity index is 1620. The largest absolute Gasteiger partial charge is 0.475 e. The third kappa shape index (κ3) is 6.10. The Balaban J connectivity index is 1.25. The lowest BCUT2D eigenvalue weighted by molar-refractivity contribution is 0.279. The molecule has 3 aliphatic heterocycles. The molecular formula is C37H37N5O3. The molecule has 4 aromatic rings. The molecule has 0 N–H and O–H groups in total. The average molecular weight is 600 g/mol. The first-order chi connectivity index (χ1) is 21.4. The van der Waals surface area contributed by atoms with Gasteiger partial charge in [0, 0.05) is 33.4 Å². The first-order valence-corrected chi connectivity index (χ1v) is 15.3. The van der Waals surface area contributed by atoms with E-state index in [9.17, 15) is 0 Å². The summed E-state index contributed by atoms with van der Waals surface area (Å²) in [5, 5.41) is 0. The van der Waals surface area contributed by atoms with E-state index in [1.807, 2.05) is 54.6 Å². The van der Waals surface area contributed by atoms with E-state index in [-0.39, 0.29) is 16.6 Å². The SMILES string of the molecule is CC1(C)COC(c2ccc(-c3cc(-c4ccc(C5=NC(C)(C)CO5)cc4)nc(-c4ccc(C5=NC(C)(C)CO5)cc4)n3)cc2)=N1. The molecular weight excluding hydrogens is 562 g/mol. The summed E-state index contributed by atoms with van der Waals surface area (Å²) in [5.41, 5.74) is 6.68. The number of aliphatic imine (C=N–C) groups is 3. The van der Waals surface area contributed by atoms with Gasteiger partial charge in [0.15, 0.2) is 5.82 Å². The quantitative estimate of drug-likeness (QED) is 0.235. The predicted molar refractivity (Wildman–Crippen MR) is 178 cm³/mol. The second-order valence-corrected chi connectivity index (χ2v) is 13.7. The zero-order valence-electron chi connectivity index (χ0n) is 26.6. The van der Waals surface area contributed by atoms with Crippen LogP contribution >= 0.6 is 0 Å². The maximum Gasteiger partial charge on any atom is 0.216 e. The molecule has 0 fully saturated rings. The first-order valence-electron chi connectivity index (χ1n) is 15.3. The maximum atomic E-state index is 5.86. The lowest BCUT2D eigenvalue weighted by atomic mass is 10.0. The molecule has 45 heavy (non-hydrogen) atoms. The standard InChI is InChI=1S/C37H37N5O3/c1-35(2)20-43-32(40-35)26-13-7-23(8-14-26)29-19-30(24-9-15-27(16-10-24)33-41-36(3,4)21-44-33)39-31(38-29)25-11-17-28(18-12-25)34-42-37(5,6)22-45-34/h7-19H,20-22H2,1-6H3. The van der Waals surface area contributed by atoms with Gasteiger partial charge >= 0.3 is 0 Å². The van der Waals surface area contributed by atoms with E-state index in [4.69, 9.17) is 39.2 Å². The fourth-order valence-electron chi connectivity index (χ4n) is 5.40. The van der Waals surface area contributed by atoms with Gasteiger partial charge in [0.1, 0.15) is 19.8 Å². The summed E-state index contributed by atoms with van der Waals surface area (Å²) < 4.78 is 17.6. The molecule has 0 atom stereocenters. The van der Waals surface area contributed by atoms with Gasteiger partial charge in [0.2, 0.25) is 17.7 Å². The molecule has 0 aliphatic carbocycles. The third-order valence-electron chi connectivity index (χ3n) is 7.87. The monoisotopic (exact) mass is 599 g/mol. The third-order valence-corrected chi connectivity index (χ3v) is 7.87. The molecule has 0 radical (unpaired) electrons. The first kappa shape index (κ1) is 28.9. The molecule has 8 nitrogen and oxygen atoms in total. The minimum Gasteiger partial charge on any atom is -0.475 e. The van der Waals surface area contributed by atoms with E-state index in [1.54, 1.807) is 0 Å². The number of aromatic nitrogens is 2. The molecule has 0 saturated carbocycles. The van der Waals surface area contributed by atoms with Crippen molar-refractivity contribution >= 4 is 17.7 Å². The van der Waals surface area contributed by atoms with E-state index in [2.05, 4.69) is 65.8 Å². The zero-order valence-corrected chi connectivity index (χ0v) is 26.6. The maximum absolute atomic E-state index is 5.86. The summed E-state index contributed by atoms with van der Waals surface area (Å²) in [6, 6.07) is 26.5. The van der Waals surface area contributed by atoms with Crippen LogP contribution in [0, 0.1) is 0 Å². The van der Waals surface area contributed by atoms with Gasteiger partial charge in [-0.15, -0.1) is 0 Å². The second-order valence-electron chi connectivity index (χ2n) is 13.7. The molecule has 7 rings (SSSR count). The van der Waals surface area contributed by atoms with Crippen LogP contribution in [0.5, 0.6) is 0 Å². The summed E-state index contributed by atoms with van der Waals surface area (Å²) in [6.07, 6.45) is 0. The van der Waals surface area contributed by atoms with Crippen LogP contribution in [0.25, 0.3) is 33.9 Å². The normalized spacial score (nSPS) is 19.2. The van der Waals surface area contributed by atoms with Crippen molar-refractivity contribution in [1.82, 2.24) is 9.97 Å². The summed E-state index contributed by atoms with van der Waals surface area (Å²) in [5.74, 6) is 2.65. The molecule has 8 heteroatoms. The second kappa shape index (κ2) is 10.6. The van der Waals surface area contributed by atoms with Crippen molar-refractivity contribution in [2.75, 3.05) is 19.8 Å². The van der Waals surface area contributed by atoms with Crippen LogP contribution < -0.4 is 0 Å². The summed E-state index contributed by atoms with van der Waals surface area (Å²) in [4.78, 5) is 24.2. The van der Waals surface area contributed by atoms with E-state index in [0.717, 1.165) is 44.8 Å². The number of rotatable bonds is 6. The molecule has 0 bridgehead atoms. The van der Waals surface area contributed by atoms with Gasteiger partial charge in [-0.3, -0.25) is 0 Å². The fraction of sp³-hybridized carbons (Fsp3) is 0.324. The minimum atomic E-state index is -0.217. The Morgan fingerprint density at radius 3 is 1.00 bits per heavy atom. The lowest BCUT2D eigenvalue weighted by Gasteiger charge is -2.11. The van der Waals surface area contributed by atoms with Crippen molar-refractivity contribution in [3.05, 3.63) is 95.6 Å². The van der Waals surface area contributed by atoms with Crippen molar-refractivity contribution in [1.29, 1.82) is 0 Å². The molecule has 0 saturated heterocycles. The van der Waals surface area contributed by atoms with Crippen LogP contribution in [-0.2, 0) is 14.2 Å².